The molecule has 1 fully saturated rings. The molecule has 4 N–H and O–H groups in total. The molecular formula is C22H31N7O3. The second-order valence-corrected chi connectivity index (χ2v) is 8.84. The van der Waals surface area contributed by atoms with Crippen LogP contribution >= 0.6 is 0 Å². The normalized spacial score (nSPS) is 16.7. The average Bonchev–Trinajstić information content (AvgIpc) is 3.28. The van der Waals surface area contributed by atoms with Gasteiger partial charge < -0.3 is 25.5 Å². The maximum Gasteiger partial charge on any atom is 0.331 e. The third kappa shape index (κ3) is 3.75. The Morgan fingerprint density at radius 3 is 2.66 bits per heavy atom. The van der Waals surface area contributed by atoms with Gasteiger partial charge in [-0.1, -0.05) is 16.8 Å². The van der Waals surface area contributed by atoms with Crippen molar-refractivity contribution in [3.63, 3.8) is 0 Å². The van der Waals surface area contributed by atoms with Crippen molar-refractivity contribution in [2.24, 2.45) is 12.8 Å². The van der Waals surface area contributed by atoms with E-state index in [0.717, 1.165) is 30.8 Å². The van der Waals surface area contributed by atoms with Crippen LogP contribution in [0, 0.1) is 6.92 Å². The lowest BCUT2D eigenvalue weighted by Gasteiger charge is -2.33. The van der Waals surface area contributed by atoms with Crippen LogP contribution in [0.3, 0.4) is 0 Å². The molecule has 0 aromatic carbocycles. The second-order valence-electron chi connectivity index (χ2n) is 8.84. The Kier molecular flexibility index (Phi) is 5.72. The number of hydrogen-bond donors (Lipinski definition) is 2. The van der Waals surface area contributed by atoms with Gasteiger partial charge in [0.25, 0.3) is 5.56 Å². The van der Waals surface area contributed by atoms with Gasteiger partial charge in [-0.3, -0.25) is 13.9 Å². The standard InChI is InChI=1S/C22H31N7O3/c1-13(2)7-9-28-19-18(17(24)20(28)27-8-5-6-15(23)11-27)26(4)22(31)29(21(19)30)12-16-10-14(3)32-25-16/h7,10,15H,5-6,8-9,11-12,23-24H2,1-4H3/t15-/m0/s1. The molecule has 172 valence electrons. The van der Waals surface area contributed by atoms with E-state index >= 15 is 0 Å². The summed E-state index contributed by atoms with van der Waals surface area (Å²) in [5, 5.41) is 3.94. The molecule has 1 aliphatic rings. The quantitative estimate of drug-likeness (QED) is 0.571. The number of nitrogens with two attached hydrogens (primary N) is 2. The molecule has 32 heavy (non-hydrogen) atoms. The highest BCUT2D eigenvalue weighted by atomic mass is 16.5. The first-order valence-corrected chi connectivity index (χ1v) is 10.9. The molecule has 4 heterocycles. The summed E-state index contributed by atoms with van der Waals surface area (Å²) in [6.07, 6.45) is 3.94. The Morgan fingerprint density at radius 2 is 2.03 bits per heavy atom. The number of aryl methyl sites for hydroxylation is 2. The minimum Gasteiger partial charge on any atom is -0.394 e. The van der Waals surface area contributed by atoms with Crippen LogP contribution in [0.15, 0.2) is 31.8 Å². The Labute approximate surface area is 185 Å². The molecule has 0 amide bonds. The van der Waals surface area contributed by atoms with E-state index in [4.69, 9.17) is 16.0 Å². The first kappa shape index (κ1) is 21.9. The number of nitrogen functional groups attached to an aromatic ring is 1. The summed E-state index contributed by atoms with van der Waals surface area (Å²) in [5.41, 5.74) is 14.9. The van der Waals surface area contributed by atoms with Crippen molar-refractivity contribution in [2.45, 2.75) is 52.7 Å². The molecule has 0 saturated carbocycles. The minimum atomic E-state index is -0.448. The number of aromatic nitrogens is 4. The predicted molar refractivity (Wildman–Crippen MR) is 125 cm³/mol. The summed E-state index contributed by atoms with van der Waals surface area (Å²) < 4.78 is 9.66. The van der Waals surface area contributed by atoms with Crippen LogP contribution in [-0.4, -0.2) is 38.0 Å². The number of nitrogens with zero attached hydrogens (tertiary/aromatic N) is 5. The topological polar surface area (TPSA) is 130 Å². The van der Waals surface area contributed by atoms with E-state index in [9.17, 15) is 9.59 Å². The van der Waals surface area contributed by atoms with Gasteiger partial charge in [0.2, 0.25) is 0 Å². The number of hydrogen-bond acceptors (Lipinski definition) is 7. The van der Waals surface area contributed by atoms with Gasteiger partial charge in [0.05, 0.1) is 12.2 Å². The van der Waals surface area contributed by atoms with Crippen LogP contribution in [0.4, 0.5) is 11.5 Å². The third-order valence-electron chi connectivity index (χ3n) is 5.98. The number of anilines is 2. The third-order valence-corrected chi connectivity index (χ3v) is 5.98. The van der Waals surface area contributed by atoms with E-state index < -0.39 is 11.2 Å². The first-order chi connectivity index (χ1) is 15.2. The number of piperidine rings is 1. The van der Waals surface area contributed by atoms with Crippen LogP contribution in [0.1, 0.15) is 38.1 Å². The SMILES string of the molecule is CC(C)=CCn1c(N2CCC[C@H](N)C2)c(N)c2c1c(=O)n(Cc1cc(C)on1)c(=O)n2C. The van der Waals surface area contributed by atoms with Gasteiger partial charge >= 0.3 is 5.69 Å². The molecule has 0 spiro atoms. The van der Waals surface area contributed by atoms with E-state index in [0.29, 0.717) is 41.3 Å². The van der Waals surface area contributed by atoms with E-state index in [2.05, 4.69) is 10.1 Å². The Hall–Kier alpha value is -3.27. The van der Waals surface area contributed by atoms with E-state index in [1.165, 1.54) is 9.13 Å². The Balaban J connectivity index is 1.99. The lowest BCUT2D eigenvalue weighted by molar-refractivity contribution is 0.388. The number of allylic oxidation sites excluding steroid dienone is 2. The summed E-state index contributed by atoms with van der Waals surface area (Å²) in [4.78, 5) is 28.9. The molecular weight excluding hydrogens is 410 g/mol. The van der Waals surface area contributed by atoms with Crippen molar-refractivity contribution in [1.29, 1.82) is 0 Å². The average molecular weight is 442 g/mol. The highest BCUT2D eigenvalue weighted by molar-refractivity contribution is 5.96. The van der Waals surface area contributed by atoms with E-state index in [-0.39, 0.29) is 12.6 Å². The van der Waals surface area contributed by atoms with Crippen molar-refractivity contribution in [3.05, 3.63) is 50.0 Å². The zero-order valence-electron chi connectivity index (χ0n) is 19.1. The maximum atomic E-state index is 13.6. The minimum absolute atomic E-state index is 0.0242. The van der Waals surface area contributed by atoms with Crippen LogP contribution in [0.5, 0.6) is 0 Å². The van der Waals surface area contributed by atoms with Crippen LogP contribution < -0.4 is 27.6 Å². The molecule has 4 rings (SSSR count). The van der Waals surface area contributed by atoms with Gasteiger partial charge in [-0.25, -0.2) is 4.79 Å². The van der Waals surface area contributed by atoms with Crippen LogP contribution in [-0.2, 0) is 20.1 Å². The molecule has 1 atom stereocenters. The fourth-order valence-electron chi connectivity index (χ4n) is 4.45. The zero-order chi connectivity index (χ0) is 23.2. The van der Waals surface area contributed by atoms with Gasteiger partial charge in [-0.05, 0) is 33.6 Å². The molecule has 0 aliphatic carbocycles. The van der Waals surface area contributed by atoms with E-state index in [1.807, 2.05) is 24.5 Å². The van der Waals surface area contributed by atoms with Crippen molar-refractivity contribution in [1.82, 2.24) is 18.9 Å². The summed E-state index contributed by atoms with van der Waals surface area (Å²) in [7, 11) is 1.64. The second kappa shape index (κ2) is 8.34. The fraction of sp³-hybridized carbons (Fsp3) is 0.500. The zero-order valence-corrected chi connectivity index (χ0v) is 19.1. The lowest BCUT2D eigenvalue weighted by atomic mass is 10.1. The van der Waals surface area contributed by atoms with Crippen molar-refractivity contribution >= 4 is 22.5 Å². The Morgan fingerprint density at radius 1 is 1.28 bits per heavy atom. The smallest absolute Gasteiger partial charge is 0.331 e. The lowest BCUT2D eigenvalue weighted by Crippen LogP contribution is -2.44. The van der Waals surface area contributed by atoms with Crippen molar-refractivity contribution in [2.75, 3.05) is 23.7 Å². The predicted octanol–water partition coefficient (Wildman–Crippen LogP) is 1.32. The van der Waals surface area contributed by atoms with Gasteiger partial charge in [-0.15, -0.1) is 0 Å². The molecule has 10 nitrogen and oxygen atoms in total. The highest BCUT2D eigenvalue weighted by Crippen LogP contribution is 2.34. The monoisotopic (exact) mass is 441 g/mol. The van der Waals surface area contributed by atoms with Crippen LogP contribution in [0.2, 0.25) is 0 Å². The fourth-order valence-corrected chi connectivity index (χ4v) is 4.45. The molecule has 0 radical (unpaired) electrons. The summed E-state index contributed by atoms with van der Waals surface area (Å²) in [5.74, 6) is 1.36. The summed E-state index contributed by atoms with van der Waals surface area (Å²) >= 11 is 0. The van der Waals surface area contributed by atoms with Crippen molar-refractivity contribution in [3.8, 4) is 0 Å². The van der Waals surface area contributed by atoms with E-state index in [1.54, 1.807) is 20.0 Å². The number of fused-ring (bicyclic) bond motifs is 1. The van der Waals surface area contributed by atoms with Gasteiger partial charge in [0, 0.05) is 38.8 Å². The summed E-state index contributed by atoms with van der Waals surface area (Å²) in [6.45, 7) is 7.71. The van der Waals surface area contributed by atoms with Crippen molar-refractivity contribution < 1.29 is 4.52 Å². The molecule has 1 saturated heterocycles. The van der Waals surface area contributed by atoms with Crippen LogP contribution in [0.25, 0.3) is 11.0 Å². The van der Waals surface area contributed by atoms with Gasteiger partial charge in [-0.2, -0.15) is 0 Å². The Bertz CT molecular complexity index is 1300. The molecule has 0 bridgehead atoms. The molecule has 1 aliphatic heterocycles. The molecule has 3 aromatic heterocycles. The highest BCUT2D eigenvalue weighted by Gasteiger charge is 2.28. The molecule has 0 unspecified atom stereocenters. The summed E-state index contributed by atoms with van der Waals surface area (Å²) in [6, 6.07) is 1.75. The van der Waals surface area contributed by atoms with Gasteiger partial charge in [0.15, 0.2) is 0 Å². The molecule has 10 heteroatoms. The molecule has 3 aromatic rings. The largest absolute Gasteiger partial charge is 0.394 e. The maximum absolute atomic E-state index is 13.6. The number of rotatable bonds is 5. The first-order valence-electron chi connectivity index (χ1n) is 10.9. The van der Waals surface area contributed by atoms with Gasteiger partial charge in [0.1, 0.15) is 28.3 Å².